The lowest BCUT2D eigenvalue weighted by Gasteiger charge is -2.15. The van der Waals surface area contributed by atoms with Crippen molar-refractivity contribution in [2.75, 3.05) is 12.8 Å². The molecule has 2 rings (SSSR count). The number of benzene rings is 1. The van der Waals surface area contributed by atoms with Gasteiger partial charge in [-0.25, -0.2) is 4.79 Å². The van der Waals surface area contributed by atoms with Gasteiger partial charge in [0, 0.05) is 22.8 Å². The molecule has 7 heteroatoms. The molecule has 94 valence electrons. The second-order valence-corrected chi connectivity index (χ2v) is 4.70. The summed E-state index contributed by atoms with van der Waals surface area (Å²) in [4.78, 5) is 36.3. The Morgan fingerprint density at radius 3 is 2.39 bits per heavy atom. The van der Waals surface area contributed by atoms with Crippen molar-refractivity contribution in [3.05, 3.63) is 28.2 Å². The largest absolute Gasteiger partial charge is 0.398 e. The molecule has 0 spiro atoms. The van der Waals surface area contributed by atoms with Crippen molar-refractivity contribution in [3.8, 4) is 0 Å². The quantitative estimate of drug-likeness (QED) is 0.501. The summed E-state index contributed by atoms with van der Waals surface area (Å²) >= 11 is 3.30. The monoisotopic (exact) mass is 311 g/mol. The highest BCUT2D eigenvalue weighted by atomic mass is 79.9. The Morgan fingerprint density at radius 2 is 1.89 bits per heavy atom. The number of amides is 4. The molecule has 0 saturated carbocycles. The van der Waals surface area contributed by atoms with Crippen molar-refractivity contribution in [2.45, 2.75) is 6.54 Å². The van der Waals surface area contributed by atoms with E-state index >= 15 is 0 Å². The fourth-order valence-electron chi connectivity index (χ4n) is 1.65. The van der Waals surface area contributed by atoms with E-state index in [1.54, 1.807) is 18.2 Å². The molecule has 0 aliphatic carbocycles. The molecule has 0 radical (unpaired) electrons. The van der Waals surface area contributed by atoms with Crippen LogP contribution in [0.5, 0.6) is 0 Å². The van der Waals surface area contributed by atoms with Crippen LogP contribution in [0.1, 0.15) is 5.56 Å². The minimum atomic E-state index is -0.836. The summed E-state index contributed by atoms with van der Waals surface area (Å²) in [5.74, 6) is -1.66. The molecule has 4 amide bonds. The van der Waals surface area contributed by atoms with Crippen molar-refractivity contribution in [1.82, 2.24) is 9.80 Å². The van der Waals surface area contributed by atoms with Crippen LogP contribution < -0.4 is 5.73 Å². The van der Waals surface area contributed by atoms with E-state index in [1.807, 2.05) is 0 Å². The summed E-state index contributed by atoms with van der Waals surface area (Å²) < 4.78 is 0.685. The van der Waals surface area contributed by atoms with E-state index < -0.39 is 17.8 Å². The first kappa shape index (κ1) is 12.6. The molecule has 2 N–H and O–H groups in total. The van der Waals surface area contributed by atoms with E-state index in [2.05, 4.69) is 15.9 Å². The summed E-state index contributed by atoms with van der Waals surface area (Å²) in [6.07, 6.45) is 0. The molecule has 0 unspecified atom stereocenters. The average molecular weight is 312 g/mol. The highest BCUT2D eigenvalue weighted by Crippen LogP contribution is 2.25. The van der Waals surface area contributed by atoms with Crippen molar-refractivity contribution >= 4 is 39.5 Å². The third-order valence-electron chi connectivity index (χ3n) is 2.72. The van der Waals surface area contributed by atoms with Gasteiger partial charge in [0.25, 0.3) is 0 Å². The van der Waals surface area contributed by atoms with E-state index in [1.165, 1.54) is 7.05 Å². The Balaban J connectivity index is 2.33. The Morgan fingerprint density at radius 1 is 1.22 bits per heavy atom. The van der Waals surface area contributed by atoms with E-state index in [0.29, 0.717) is 15.7 Å². The summed E-state index contributed by atoms with van der Waals surface area (Å²) in [6.45, 7) is -0.0268. The van der Waals surface area contributed by atoms with Gasteiger partial charge >= 0.3 is 17.8 Å². The second kappa shape index (κ2) is 4.41. The van der Waals surface area contributed by atoms with Crippen LogP contribution in [-0.4, -0.2) is 34.7 Å². The van der Waals surface area contributed by atoms with Gasteiger partial charge in [0.05, 0.1) is 6.54 Å². The van der Waals surface area contributed by atoms with Gasteiger partial charge in [-0.2, -0.15) is 0 Å². The van der Waals surface area contributed by atoms with Crippen molar-refractivity contribution in [1.29, 1.82) is 0 Å². The standard InChI is InChI=1S/C11H10BrN3O3/c1-14-9(16)10(17)15(11(14)18)5-6-7(12)3-2-4-8(6)13/h2-4H,5,13H2,1H3. The lowest BCUT2D eigenvalue weighted by Crippen LogP contribution is -2.31. The van der Waals surface area contributed by atoms with Crippen LogP contribution in [0.2, 0.25) is 0 Å². The molecule has 1 aromatic rings. The fourth-order valence-corrected chi connectivity index (χ4v) is 2.16. The SMILES string of the molecule is CN1C(=O)C(=O)N(Cc2c(N)cccc2Br)C1=O. The minimum absolute atomic E-state index is 0.0268. The number of carbonyl (C=O) groups excluding carboxylic acids is 3. The minimum Gasteiger partial charge on any atom is -0.398 e. The van der Waals surface area contributed by atoms with Crippen LogP contribution in [0.15, 0.2) is 22.7 Å². The lowest BCUT2D eigenvalue weighted by atomic mass is 10.1. The molecule has 0 atom stereocenters. The van der Waals surface area contributed by atoms with Crippen LogP contribution in [0.3, 0.4) is 0 Å². The van der Waals surface area contributed by atoms with E-state index in [4.69, 9.17) is 5.73 Å². The van der Waals surface area contributed by atoms with Gasteiger partial charge in [-0.1, -0.05) is 22.0 Å². The third-order valence-corrected chi connectivity index (χ3v) is 3.46. The maximum Gasteiger partial charge on any atom is 0.334 e. The van der Waals surface area contributed by atoms with Crippen molar-refractivity contribution < 1.29 is 14.4 Å². The number of halogens is 1. The predicted octanol–water partition coefficient (Wildman–Crippen LogP) is 0.952. The number of carbonyl (C=O) groups is 3. The maximum atomic E-state index is 11.7. The zero-order valence-corrected chi connectivity index (χ0v) is 11.1. The van der Waals surface area contributed by atoms with Crippen LogP contribution >= 0.6 is 15.9 Å². The lowest BCUT2D eigenvalue weighted by molar-refractivity contribution is -0.143. The Hall–Kier alpha value is -1.89. The molecule has 1 aliphatic heterocycles. The number of anilines is 1. The third kappa shape index (κ3) is 1.86. The second-order valence-electron chi connectivity index (χ2n) is 3.85. The molecule has 1 fully saturated rings. The van der Waals surface area contributed by atoms with Crippen LogP contribution in [0, 0.1) is 0 Å². The highest BCUT2D eigenvalue weighted by molar-refractivity contribution is 9.10. The zero-order chi connectivity index (χ0) is 13.4. The summed E-state index contributed by atoms with van der Waals surface area (Å²) in [5, 5.41) is 0. The molecule has 0 aromatic heterocycles. The van der Waals surface area contributed by atoms with Crippen molar-refractivity contribution in [3.63, 3.8) is 0 Å². The van der Waals surface area contributed by atoms with E-state index in [0.717, 1.165) is 9.80 Å². The number of hydrogen-bond acceptors (Lipinski definition) is 4. The fraction of sp³-hybridized carbons (Fsp3) is 0.182. The number of nitrogen functional groups attached to an aromatic ring is 1. The van der Waals surface area contributed by atoms with Gasteiger partial charge in [0.15, 0.2) is 0 Å². The normalized spacial score (nSPS) is 15.8. The molecule has 1 saturated heterocycles. The first-order valence-corrected chi connectivity index (χ1v) is 5.89. The summed E-state index contributed by atoms with van der Waals surface area (Å²) in [7, 11) is 1.27. The molecular weight excluding hydrogens is 302 g/mol. The number of rotatable bonds is 2. The van der Waals surface area contributed by atoms with E-state index in [-0.39, 0.29) is 6.54 Å². The Bertz CT molecular complexity index is 538. The molecular formula is C11H10BrN3O3. The Labute approximate surface area is 111 Å². The highest BCUT2D eigenvalue weighted by Gasteiger charge is 2.42. The van der Waals surface area contributed by atoms with Gasteiger partial charge in [-0.05, 0) is 12.1 Å². The number of urea groups is 1. The smallest absolute Gasteiger partial charge is 0.334 e. The van der Waals surface area contributed by atoms with Crippen LogP contribution in [0.4, 0.5) is 10.5 Å². The number of nitrogens with zero attached hydrogens (tertiary/aromatic N) is 2. The number of imide groups is 2. The zero-order valence-electron chi connectivity index (χ0n) is 9.51. The number of nitrogens with two attached hydrogens (primary N) is 1. The molecule has 0 bridgehead atoms. The van der Waals surface area contributed by atoms with Gasteiger partial charge < -0.3 is 5.73 Å². The first-order chi connectivity index (χ1) is 8.43. The topological polar surface area (TPSA) is 83.7 Å². The summed E-state index contributed by atoms with van der Waals surface area (Å²) in [6, 6.07) is 4.52. The average Bonchev–Trinajstić information content (AvgIpc) is 2.51. The van der Waals surface area contributed by atoms with Crippen LogP contribution in [-0.2, 0) is 16.1 Å². The molecule has 1 heterocycles. The number of likely N-dealkylation sites (N-methyl/N-ethyl adjacent to an activating group) is 1. The molecule has 1 aliphatic rings. The van der Waals surface area contributed by atoms with Crippen molar-refractivity contribution in [2.24, 2.45) is 0 Å². The van der Waals surface area contributed by atoms with Gasteiger partial charge in [-0.15, -0.1) is 0 Å². The Kier molecular flexibility index (Phi) is 3.08. The van der Waals surface area contributed by atoms with E-state index in [9.17, 15) is 14.4 Å². The maximum absolute atomic E-state index is 11.7. The summed E-state index contributed by atoms with van der Waals surface area (Å²) in [5.41, 5.74) is 6.83. The number of hydrogen-bond donors (Lipinski definition) is 1. The molecule has 18 heavy (non-hydrogen) atoms. The molecule has 6 nitrogen and oxygen atoms in total. The van der Waals surface area contributed by atoms with Crippen LogP contribution in [0.25, 0.3) is 0 Å². The van der Waals surface area contributed by atoms with Gasteiger partial charge in [0.1, 0.15) is 0 Å². The predicted molar refractivity (Wildman–Crippen MR) is 67.3 cm³/mol. The van der Waals surface area contributed by atoms with Gasteiger partial charge in [0.2, 0.25) is 0 Å². The molecule has 1 aromatic carbocycles. The van der Waals surface area contributed by atoms with Gasteiger partial charge in [-0.3, -0.25) is 19.4 Å². The first-order valence-electron chi connectivity index (χ1n) is 5.10.